The van der Waals surface area contributed by atoms with Gasteiger partial charge in [-0.05, 0) is 59.2 Å². The molecule has 0 heterocycles. The Labute approximate surface area is 174 Å². The molecular weight excluding hydrogens is 385 g/mol. The van der Waals surface area contributed by atoms with Crippen molar-refractivity contribution in [1.29, 1.82) is 0 Å². The number of fused-ring (bicyclic) bond motifs is 1. The lowest BCUT2D eigenvalue weighted by Crippen LogP contribution is -2.05. The number of hydrogen-bond acceptors (Lipinski definition) is 2. The van der Waals surface area contributed by atoms with E-state index in [0.717, 1.165) is 43.9 Å². The molecule has 4 rings (SSSR count). The van der Waals surface area contributed by atoms with E-state index in [9.17, 15) is 4.39 Å². The van der Waals surface area contributed by atoms with Gasteiger partial charge < -0.3 is 10.1 Å². The molecule has 4 heteroatoms. The molecule has 1 N–H and O–H groups in total. The Morgan fingerprint density at radius 3 is 2.52 bits per heavy atom. The lowest BCUT2D eigenvalue weighted by atomic mass is 10.0. The summed E-state index contributed by atoms with van der Waals surface area (Å²) >= 11 is 6.26. The Balaban J connectivity index is 1.61. The van der Waals surface area contributed by atoms with Crippen LogP contribution in [-0.2, 0) is 13.2 Å². The summed E-state index contributed by atoms with van der Waals surface area (Å²) in [6, 6.07) is 24.6. The summed E-state index contributed by atoms with van der Waals surface area (Å²) in [6.45, 7) is 2.96. The Bertz CT molecular complexity index is 1140. The molecule has 0 fully saturated rings. The second-order valence-electron chi connectivity index (χ2n) is 7.00. The molecule has 4 aromatic rings. The lowest BCUT2D eigenvalue weighted by Gasteiger charge is -2.16. The van der Waals surface area contributed by atoms with Crippen LogP contribution in [0, 0.1) is 12.7 Å². The zero-order valence-corrected chi connectivity index (χ0v) is 16.8. The van der Waals surface area contributed by atoms with Crippen molar-refractivity contribution in [1.82, 2.24) is 0 Å². The highest BCUT2D eigenvalue weighted by atomic mass is 35.5. The standard InChI is InChI=1S/C25H21ClFNO/c1-17-6-12-21(14-24(17)26)28-15-23-22-5-3-2-4-19(22)9-13-25(23)29-16-18-7-10-20(27)11-8-18/h2-14,28H,15-16H2,1H3. The average Bonchev–Trinajstić information content (AvgIpc) is 2.74. The van der Waals surface area contributed by atoms with E-state index in [1.807, 2.05) is 43.3 Å². The molecule has 0 aliphatic rings. The van der Waals surface area contributed by atoms with Gasteiger partial charge in [0.1, 0.15) is 18.2 Å². The highest BCUT2D eigenvalue weighted by Crippen LogP contribution is 2.30. The van der Waals surface area contributed by atoms with Crippen molar-refractivity contribution >= 4 is 28.1 Å². The lowest BCUT2D eigenvalue weighted by molar-refractivity contribution is 0.303. The van der Waals surface area contributed by atoms with Gasteiger partial charge in [-0.3, -0.25) is 0 Å². The Hall–Kier alpha value is -3.04. The molecule has 0 saturated heterocycles. The fourth-order valence-corrected chi connectivity index (χ4v) is 3.45. The van der Waals surface area contributed by atoms with Gasteiger partial charge in [-0.2, -0.15) is 0 Å². The number of hydrogen-bond donors (Lipinski definition) is 1. The highest BCUT2D eigenvalue weighted by Gasteiger charge is 2.10. The molecule has 0 saturated carbocycles. The molecule has 4 aromatic carbocycles. The number of aryl methyl sites for hydroxylation is 1. The summed E-state index contributed by atoms with van der Waals surface area (Å²) in [5.41, 5.74) is 3.99. The Morgan fingerprint density at radius 1 is 0.931 bits per heavy atom. The molecule has 2 nitrogen and oxygen atoms in total. The fraction of sp³-hybridized carbons (Fsp3) is 0.120. The van der Waals surface area contributed by atoms with Crippen LogP contribution in [-0.4, -0.2) is 0 Å². The predicted molar refractivity (Wildman–Crippen MR) is 118 cm³/mol. The molecule has 29 heavy (non-hydrogen) atoms. The predicted octanol–water partition coefficient (Wildman–Crippen LogP) is 7.13. The maximum atomic E-state index is 13.1. The van der Waals surface area contributed by atoms with Crippen LogP contribution in [0.15, 0.2) is 78.9 Å². The van der Waals surface area contributed by atoms with Gasteiger partial charge in [0.2, 0.25) is 0 Å². The van der Waals surface area contributed by atoms with Gasteiger partial charge >= 0.3 is 0 Å². The van der Waals surface area contributed by atoms with Crippen LogP contribution in [0.25, 0.3) is 10.8 Å². The van der Waals surface area contributed by atoms with Crippen LogP contribution >= 0.6 is 11.6 Å². The van der Waals surface area contributed by atoms with Crippen LogP contribution < -0.4 is 10.1 Å². The second-order valence-corrected chi connectivity index (χ2v) is 7.40. The van der Waals surface area contributed by atoms with Crippen molar-refractivity contribution in [2.75, 3.05) is 5.32 Å². The monoisotopic (exact) mass is 405 g/mol. The molecule has 0 bridgehead atoms. The van der Waals surface area contributed by atoms with E-state index in [-0.39, 0.29) is 5.82 Å². The molecule has 0 aromatic heterocycles. The third-order valence-corrected chi connectivity index (χ3v) is 5.35. The smallest absolute Gasteiger partial charge is 0.125 e. The van der Waals surface area contributed by atoms with Gasteiger partial charge in [-0.25, -0.2) is 4.39 Å². The van der Waals surface area contributed by atoms with Crippen molar-refractivity contribution in [3.05, 3.63) is 106 Å². The molecule has 0 radical (unpaired) electrons. The first-order valence-corrected chi connectivity index (χ1v) is 9.86. The van der Waals surface area contributed by atoms with Crippen molar-refractivity contribution in [3.8, 4) is 5.75 Å². The number of rotatable bonds is 6. The van der Waals surface area contributed by atoms with Crippen molar-refractivity contribution in [3.63, 3.8) is 0 Å². The minimum Gasteiger partial charge on any atom is -0.489 e. The SMILES string of the molecule is Cc1ccc(NCc2c(OCc3ccc(F)cc3)ccc3ccccc23)cc1Cl. The summed E-state index contributed by atoms with van der Waals surface area (Å²) in [4.78, 5) is 0. The minimum absolute atomic E-state index is 0.249. The summed E-state index contributed by atoms with van der Waals surface area (Å²) in [5, 5.41) is 6.48. The quantitative estimate of drug-likeness (QED) is 0.368. The number of anilines is 1. The minimum atomic E-state index is -0.249. The Kier molecular flexibility index (Phi) is 5.68. The summed E-state index contributed by atoms with van der Waals surface area (Å²) in [6.07, 6.45) is 0. The maximum Gasteiger partial charge on any atom is 0.125 e. The van der Waals surface area contributed by atoms with Gasteiger partial charge in [0.05, 0.1) is 0 Å². The highest BCUT2D eigenvalue weighted by molar-refractivity contribution is 6.31. The number of nitrogens with one attached hydrogen (secondary N) is 1. The molecule has 0 amide bonds. The molecule has 0 aliphatic heterocycles. The summed E-state index contributed by atoms with van der Waals surface area (Å²) in [5.74, 6) is 0.555. The van der Waals surface area contributed by atoms with Gasteiger partial charge in [0.15, 0.2) is 0 Å². The largest absolute Gasteiger partial charge is 0.489 e. The van der Waals surface area contributed by atoms with Crippen molar-refractivity contribution in [2.45, 2.75) is 20.1 Å². The van der Waals surface area contributed by atoms with Gasteiger partial charge in [-0.1, -0.05) is 60.1 Å². The third kappa shape index (κ3) is 4.52. The summed E-state index contributed by atoms with van der Waals surface area (Å²) in [7, 11) is 0. The van der Waals surface area contributed by atoms with E-state index in [1.165, 1.54) is 12.1 Å². The van der Waals surface area contributed by atoms with Crippen LogP contribution in [0.1, 0.15) is 16.7 Å². The van der Waals surface area contributed by atoms with Crippen molar-refractivity contribution < 1.29 is 9.13 Å². The van der Waals surface area contributed by atoms with E-state index in [0.29, 0.717) is 13.2 Å². The van der Waals surface area contributed by atoms with E-state index in [2.05, 4.69) is 23.5 Å². The third-order valence-electron chi connectivity index (χ3n) is 4.95. The van der Waals surface area contributed by atoms with Crippen LogP contribution in [0.3, 0.4) is 0 Å². The average molecular weight is 406 g/mol. The summed E-state index contributed by atoms with van der Waals surface area (Å²) < 4.78 is 19.3. The van der Waals surface area contributed by atoms with Crippen LogP contribution in [0.2, 0.25) is 5.02 Å². The van der Waals surface area contributed by atoms with Crippen molar-refractivity contribution in [2.24, 2.45) is 0 Å². The van der Waals surface area contributed by atoms with Gasteiger partial charge in [0.25, 0.3) is 0 Å². The van der Waals surface area contributed by atoms with Crippen LogP contribution in [0.5, 0.6) is 5.75 Å². The van der Waals surface area contributed by atoms with Gasteiger partial charge in [-0.15, -0.1) is 0 Å². The number of halogens is 2. The number of ether oxygens (including phenoxy) is 1. The van der Waals surface area contributed by atoms with E-state index < -0.39 is 0 Å². The topological polar surface area (TPSA) is 21.3 Å². The molecule has 0 unspecified atom stereocenters. The maximum absolute atomic E-state index is 13.1. The van der Waals surface area contributed by atoms with Crippen LogP contribution in [0.4, 0.5) is 10.1 Å². The number of benzene rings is 4. The first kappa shape index (κ1) is 19.3. The fourth-order valence-electron chi connectivity index (χ4n) is 3.27. The van der Waals surface area contributed by atoms with E-state index in [1.54, 1.807) is 12.1 Å². The molecule has 0 atom stereocenters. The zero-order valence-electron chi connectivity index (χ0n) is 16.1. The van der Waals surface area contributed by atoms with E-state index in [4.69, 9.17) is 16.3 Å². The van der Waals surface area contributed by atoms with Gasteiger partial charge in [0, 0.05) is 22.8 Å². The molecule has 0 aliphatic carbocycles. The molecule has 146 valence electrons. The van der Waals surface area contributed by atoms with E-state index >= 15 is 0 Å². The molecular formula is C25H21ClFNO. The first-order valence-electron chi connectivity index (χ1n) is 9.48. The zero-order chi connectivity index (χ0) is 20.2. The second kappa shape index (κ2) is 8.54. The Morgan fingerprint density at radius 2 is 1.72 bits per heavy atom. The molecule has 0 spiro atoms. The normalized spacial score (nSPS) is 10.9. The first-order chi connectivity index (χ1) is 14.1.